The number of rotatable bonds is 5. The fourth-order valence-corrected chi connectivity index (χ4v) is 3.94. The molecule has 0 aliphatic carbocycles. The molecule has 0 radical (unpaired) electrons. The van der Waals surface area contributed by atoms with E-state index in [1.807, 2.05) is 36.5 Å². The highest BCUT2D eigenvalue weighted by atomic mass is 16.5. The third kappa shape index (κ3) is 4.64. The second kappa shape index (κ2) is 9.30. The maximum atomic E-state index is 11.9. The first-order valence-corrected chi connectivity index (χ1v) is 10.7. The summed E-state index contributed by atoms with van der Waals surface area (Å²) in [4.78, 5) is 20.9. The third-order valence-corrected chi connectivity index (χ3v) is 5.53. The molecule has 2 aromatic rings. The fraction of sp³-hybridized carbons (Fsp3) is 0.500. The second-order valence-electron chi connectivity index (χ2n) is 7.74. The van der Waals surface area contributed by atoms with E-state index in [-0.39, 0.29) is 12.0 Å². The zero-order valence-electron chi connectivity index (χ0n) is 17.8. The molecule has 0 spiro atoms. The summed E-state index contributed by atoms with van der Waals surface area (Å²) < 4.78 is 7.76. The number of ether oxygens (including phenoxy) is 1. The molecule has 3 heterocycles. The van der Waals surface area contributed by atoms with Crippen LogP contribution in [0.5, 0.6) is 0 Å². The van der Waals surface area contributed by atoms with Crippen LogP contribution in [0.15, 0.2) is 41.7 Å². The summed E-state index contributed by atoms with van der Waals surface area (Å²) in [7, 11) is 1.92. The first kappa shape index (κ1) is 20.4. The molecule has 8 nitrogen and oxygen atoms in total. The van der Waals surface area contributed by atoms with Crippen LogP contribution in [0, 0.1) is 0 Å². The number of guanidine groups is 1. The maximum absolute atomic E-state index is 11.9. The number of carbonyl (C=O) groups is 1. The number of amides is 1. The minimum atomic E-state index is -0.00594. The Morgan fingerprint density at radius 2 is 2.13 bits per heavy atom. The molecule has 4 rings (SSSR count). The van der Waals surface area contributed by atoms with Crippen molar-refractivity contribution in [2.24, 2.45) is 12.0 Å². The number of aliphatic imine (C=N–C) groups is 1. The number of hydrogen-bond acceptors (Lipinski definition) is 4. The lowest BCUT2D eigenvalue weighted by Gasteiger charge is -2.34. The highest BCUT2D eigenvalue weighted by Crippen LogP contribution is 2.23. The topological polar surface area (TPSA) is 75.0 Å². The van der Waals surface area contributed by atoms with E-state index < -0.39 is 0 Å². The lowest BCUT2D eigenvalue weighted by molar-refractivity contribution is -0.117. The van der Waals surface area contributed by atoms with E-state index in [4.69, 9.17) is 9.73 Å². The summed E-state index contributed by atoms with van der Waals surface area (Å²) in [6.07, 6.45) is 5.46. The standard InChI is InChI=1S/C22H30N6O2/c1-3-23-22(27-11-12-30-20(16-27)18-14-25-26(2)15-18)24-13-17-6-8-19(9-7-17)28-10-4-5-21(28)29/h6-9,14-15,20H,3-5,10-13,16H2,1-2H3,(H,23,24). The van der Waals surface area contributed by atoms with Gasteiger partial charge in [0.1, 0.15) is 6.10 Å². The summed E-state index contributed by atoms with van der Waals surface area (Å²) in [6.45, 7) is 6.50. The van der Waals surface area contributed by atoms with Gasteiger partial charge in [-0.15, -0.1) is 0 Å². The normalized spacial score (nSPS) is 20.1. The first-order valence-electron chi connectivity index (χ1n) is 10.7. The summed E-state index contributed by atoms with van der Waals surface area (Å²) >= 11 is 0. The van der Waals surface area contributed by atoms with Gasteiger partial charge in [-0.1, -0.05) is 12.1 Å². The second-order valence-corrected chi connectivity index (χ2v) is 7.74. The Morgan fingerprint density at radius 3 is 2.80 bits per heavy atom. The van der Waals surface area contributed by atoms with Crippen molar-refractivity contribution in [2.45, 2.75) is 32.4 Å². The third-order valence-electron chi connectivity index (χ3n) is 5.53. The molecule has 1 aromatic carbocycles. The van der Waals surface area contributed by atoms with E-state index in [1.165, 1.54) is 0 Å². The van der Waals surface area contributed by atoms with Crippen LogP contribution in [0.3, 0.4) is 0 Å². The van der Waals surface area contributed by atoms with E-state index in [0.717, 1.165) is 55.4 Å². The molecule has 1 N–H and O–H groups in total. The molecule has 1 amide bonds. The lowest BCUT2D eigenvalue weighted by Crippen LogP contribution is -2.48. The van der Waals surface area contributed by atoms with Crippen LogP contribution in [-0.4, -0.2) is 59.3 Å². The largest absolute Gasteiger partial charge is 0.370 e. The summed E-state index contributed by atoms with van der Waals surface area (Å²) in [5.74, 6) is 1.11. The predicted molar refractivity (Wildman–Crippen MR) is 116 cm³/mol. The molecule has 1 unspecified atom stereocenters. The molecule has 1 aromatic heterocycles. The molecule has 160 valence electrons. The van der Waals surface area contributed by atoms with Gasteiger partial charge in [-0.05, 0) is 31.0 Å². The average Bonchev–Trinajstić information content (AvgIpc) is 3.40. The number of benzene rings is 1. The summed E-state index contributed by atoms with van der Waals surface area (Å²) in [5.41, 5.74) is 3.19. The Bertz CT molecular complexity index is 891. The van der Waals surface area contributed by atoms with E-state index in [1.54, 1.807) is 4.68 Å². The number of aromatic nitrogens is 2. The van der Waals surface area contributed by atoms with Crippen LogP contribution in [0.4, 0.5) is 5.69 Å². The number of carbonyl (C=O) groups excluding carboxylic acids is 1. The number of hydrogen-bond donors (Lipinski definition) is 1. The highest BCUT2D eigenvalue weighted by molar-refractivity contribution is 5.95. The predicted octanol–water partition coefficient (Wildman–Crippen LogP) is 2.09. The van der Waals surface area contributed by atoms with Gasteiger partial charge >= 0.3 is 0 Å². The van der Waals surface area contributed by atoms with Crippen molar-refractivity contribution >= 4 is 17.6 Å². The molecule has 0 bridgehead atoms. The summed E-state index contributed by atoms with van der Waals surface area (Å²) in [6, 6.07) is 8.17. The Kier molecular flexibility index (Phi) is 6.32. The zero-order valence-corrected chi connectivity index (χ0v) is 17.8. The SMILES string of the molecule is CCNC(=NCc1ccc(N2CCCC2=O)cc1)N1CCOC(c2cnn(C)c2)C1. The van der Waals surface area contributed by atoms with E-state index in [0.29, 0.717) is 19.6 Å². The number of nitrogens with zero attached hydrogens (tertiary/aromatic N) is 5. The number of nitrogens with one attached hydrogen (secondary N) is 1. The molecule has 2 aliphatic heterocycles. The fourth-order valence-electron chi connectivity index (χ4n) is 3.94. The van der Waals surface area contributed by atoms with Gasteiger partial charge < -0.3 is 19.9 Å². The van der Waals surface area contributed by atoms with Gasteiger partial charge in [-0.3, -0.25) is 9.48 Å². The Balaban J connectivity index is 1.42. The molecule has 30 heavy (non-hydrogen) atoms. The molecule has 2 saturated heterocycles. The summed E-state index contributed by atoms with van der Waals surface area (Å²) in [5, 5.41) is 7.67. The average molecular weight is 411 g/mol. The van der Waals surface area contributed by atoms with Crippen LogP contribution in [0.1, 0.15) is 37.0 Å². The molecule has 2 fully saturated rings. The van der Waals surface area contributed by atoms with Gasteiger partial charge in [0.25, 0.3) is 0 Å². The van der Waals surface area contributed by atoms with Gasteiger partial charge in [-0.2, -0.15) is 5.10 Å². The van der Waals surface area contributed by atoms with Crippen LogP contribution in [0.2, 0.25) is 0 Å². The Hall–Kier alpha value is -2.87. The van der Waals surface area contributed by atoms with Gasteiger partial charge in [0.05, 0.1) is 25.9 Å². The van der Waals surface area contributed by atoms with Crippen LogP contribution in [-0.2, 0) is 23.1 Å². The molecular formula is C22H30N6O2. The van der Waals surface area contributed by atoms with Crippen LogP contribution < -0.4 is 10.2 Å². The van der Waals surface area contributed by atoms with E-state index in [9.17, 15) is 4.79 Å². The zero-order chi connectivity index (χ0) is 20.9. The van der Waals surface area contributed by atoms with Crippen molar-refractivity contribution < 1.29 is 9.53 Å². The maximum Gasteiger partial charge on any atom is 0.227 e. The van der Waals surface area contributed by atoms with E-state index >= 15 is 0 Å². The lowest BCUT2D eigenvalue weighted by atomic mass is 10.1. The van der Waals surface area contributed by atoms with E-state index in [2.05, 4.69) is 34.4 Å². The van der Waals surface area contributed by atoms with Crippen molar-refractivity contribution in [3.05, 3.63) is 47.8 Å². The van der Waals surface area contributed by atoms with Gasteiger partial charge in [0.15, 0.2) is 5.96 Å². The number of morpholine rings is 1. The van der Waals surface area contributed by atoms with Crippen LogP contribution >= 0.6 is 0 Å². The van der Waals surface area contributed by atoms with Gasteiger partial charge in [0, 0.05) is 50.6 Å². The molecular weight excluding hydrogens is 380 g/mol. The van der Waals surface area contributed by atoms with Crippen molar-refractivity contribution in [1.82, 2.24) is 20.0 Å². The molecule has 8 heteroatoms. The van der Waals surface area contributed by atoms with Crippen molar-refractivity contribution in [1.29, 1.82) is 0 Å². The van der Waals surface area contributed by atoms with Gasteiger partial charge in [0.2, 0.25) is 5.91 Å². The van der Waals surface area contributed by atoms with Crippen molar-refractivity contribution in [2.75, 3.05) is 37.7 Å². The molecule has 1 atom stereocenters. The van der Waals surface area contributed by atoms with Gasteiger partial charge in [-0.25, -0.2) is 4.99 Å². The minimum Gasteiger partial charge on any atom is -0.370 e. The minimum absolute atomic E-state index is 0.00594. The Labute approximate surface area is 177 Å². The quantitative estimate of drug-likeness (QED) is 0.603. The van der Waals surface area contributed by atoms with Crippen molar-refractivity contribution in [3.8, 4) is 0 Å². The van der Waals surface area contributed by atoms with Crippen LogP contribution in [0.25, 0.3) is 0 Å². The monoisotopic (exact) mass is 410 g/mol. The molecule has 2 aliphatic rings. The smallest absolute Gasteiger partial charge is 0.227 e. The highest BCUT2D eigenvalue weighted by Gasteiger charge is 2.25. The Morgan fingerprint density at radius 1 is 1.30 bits per heavy atom. The number of aryl methyl sites for hydroxylation is 1. The van der Waals surface area contributed by atoms with Crippen molar-refractivity contribution in [3.63, 3.8) is 0 Å². The first-order chi connectivity index (χ1) is 14.6. The molecule has 0 saturated carbocycles. The number of anilines is 1.